The fourth-order valence-corrected chi connectivity index (χ4v) is 1.84. The number of carbonyl (C=O) groups excluding carboxylic acids is 2. The lowest BCUT2D eigenvalue weighted by atomic mass is 9.98. The molecule has 1 aromatic rings. The molecular formula is C14H15F2N3O2. The molecule has 0 unspecified atom stereocenters. The number of nitrogens with zero attached hydrogens (tertiary/aromatic N) is 1. The van der Waals surface area contributed by atoms with Crippen LogP contribution in [0.4, 0.5) is 8.78 Å². The van der Waals surface area contributed by atoms with Crippen molar-refractivity contribution in [1.82, 2.24) is 5.32 Å². The standard InChI is InChI=1S/C14H15F2N3O2/c1-8(5-6-17)13(14(18)21)19-12(20)7-9-10(15)3-2-4-11(9)16/h2-4,8,13H,5,7H2,1H3,(H2,18,21)(H,19,20)/t8-,13-/m1/s1. The van der Waals surface area contributed by atoms with Crippen LogP contribution in [0, 0.1) is 28.9 Å². The molecule has 1 aromatic carbocycles. The minimum atomic E-state index is -1.06. The Hall–Kier alpha value is -2.49. The van der Waals surface area contributed by atoms with Crippen molar-refractivity contribution in [1.29, 1.82) is 5.26 Å². The summed E-state index contributed by atoms with van der Waals surface area (Å²) < 4.78 is 26.9. The van der Waals surface area contributed by atoms with Gasteiger partial charge in [-0.3, -0.25) is 9.59 Å². The molecule has 0 saturated carbocycles. The smallest absolute Gasteiger partial charge is 0.240 e. The summed E-state index contributed by atoms with van der Waals surface area (Å²) >= 11 is 0. The van der Waals surface area contributed by atoms with E-state index in [9.17, 15) is 18.4 Å². The first-order valence-corrected chi connectivity index (χ1v) is 6.25. The summed E-state index contributed by atoms with van der Waals surface area (Å²) in [4.78, 5) is 23.1. The summed E-state index contributed by atoms with van der Waals surface area (Å²) in [5.74, 6) is -3.73. The van der Waals surface area contributed by atoms with E-state index in [0.717, 1.165) is 12.1 Å². The lowest BCUT2D eigenvalue weighted by Gasteiger charge is -2.20. The zero-order chi connectivity index (χ0) is 16.0. The summed E-state index contributed by atoms with van der Waals surface area (Å²) in [6, 6.07) is 4.06. The van der Waals surface area contributed by atoms with Gasteiger partial charge in [-0.1, -0.05) is 13.0 Å². The van der Waals surface area contributed by atoms with E-state index in [1.165, 1.54) is 6.07 Å². The Morgan fingerprint density at radius 2 is 1.95 bits per heavy atom. The summed E-state index contributed by atoms with van der Waals surface area (Å²) in [6.45, 7) is 1.57. The summed E-state index contributed by atoms with van der Waals surface area (Å²) in [7, 11) is 0. The van der Waals surface area contributed by atoms with Crippen LogP contribution < -0.4 is 11.1 Å². The molecule has 112 valence electrons. The number of hydrogen-bond acceptors (Lipinski definition) is 3. The highest BCUT2D eigenvalue weighted by Gasteiger charge is 2.25. The number of nitrogens with two attached hydrogens (primary N) is 1. The molecule has 0 aliphatic heterocycles. The molecule has 2 amide bonds. The number of nitriles is 1. The van der Waals surface area contributed by atoms with Crippen molar-refractivity contribution in [2.75, 3.05) is 0 Å². The van der Waals surface area contributed by atoms with Gasteiger partial charge in [-0.25, -0.2) is 8.78 Å². The van der Waals surface area contributed by atoms with E-state index < -0.39 is 41.8 Å². The van der Waals surface area contributed by atoms with Gasteiger partial charge in [0.25, 0.3) is 0 Å². The van der Waals surface area contributed by atoms with Crippen LogP contribution >= 0.6 is 0 Å². The lowest BCUT2D eigenvalue weighted by Crippen LogP contribution is -2.48. The van der Waals surface area contributed by atoms with Gasteiger partial charge < -0.3 is 11.1 Å². The maximum atomic E-state index is 13.4. The highest BCUT2D eigenvalue weighted by Crippen LogP contribution is 2.13. The third-order valence-electron chi connectivity index (χ3n) is 3.00. The average molecular weight is 295 g/mol. The number of primary amides is 1. The molecular weight excluding hydrogens is 280 g/mol. The van der Waals surface area contributed by atoms with Crippen LogP contribution in [0.3, 0.4) is 0 Å². The number of amides is 2. The molecule has 1 rings (SSSR count). The van der Waals surface area contributed by atoms with Gasteiger partial charge in [0.15, 0.2) is 0 Å². The van der Waals surface area contributed by atoms with Crippen LogP contribution in [-0.2, 0) is 16.0 Å². The Morgan fingerprint density at radius 1 is 1.38 bits per heavy atom. The van der Waals surface area contributed by atoms with Gasteiger partial charge in [0, 0.05) is 12.0 Å². The monoisotopic (exact) mass is 295 g/mol. The molecule has 0 aromatic heterocycles. The number of hydrogen-bond donors (Lipinski definition) is 2. The van der Waals surface area contributed by atoms with E-state index in [0.29, 0.717) is 0 Å². The second-order valence-corrected chi connectivity index (χ2v) is 4.66. The quantitative estimate of drug-likeness (QED) is 0.820. The SMILES string of the molecule is C[C@H](CC#N)[C@@H](NC(=O)Cc1c(F)cccc1F)C(N)=O. The van der Waals surface area contributed by atoms with Crippen LogP contribution in [0.15, 0.2) is 18.2 Å². The molecule has 0 bridgehead atoms. The van der Waals surface area contributed by atoms with Crippen molar-refractivity contribution < 1.29 is 18.4 Å². The van der Waals surface area contributed by atoms with Crippen LogP contribution in [0.1, 0.15) is 18.9 Å². The van der Waals surface area contributed by atoms with Gasteiger partial charge in [0.05, 0.1) is 12.5 Å². The molecule has 0 radical (unpaired) electrons. The van der Waals surface area contributed by atoms with E-state index in [1.807, 2.05) is 6.07 Å². The molecule has 21 heavy (non-hydrogen) atoms. The number of nitrogens with one attached hydrogen (secondary N) is 1. The Labute approximate surface area is 120 Å². The fraction of sp³-hybridized carbons (Fsp3) is 0.357. The van der Waals surface area contributed by atoms with Crippen molar-refractivity contribution in [3.8, 4) is 6.07 Å². The summed E-state index contributed by atoms with van der Waals surface area (Å²) in [5, 5.41) is 10.9. The van der Waals surface area contributed by atoms with Crippen molar-refractivity contribution >= 4 is 11.8 Å². The number of carbonyl (C=O) groups is 2. The Kier molecular flexibility index (Phi) is 5.79. The predicted octanol–water partition coefficient (Wildman–Crippen LogP) is 1.03. The molecule has 0 spiro atoms. The molecule has 0 aliphatic carbocycles. The maximum absolute atomic E-state index is 13.4. The lowest BCUT2D eigenvalue weighted by molar-refractivity contribution is -0.128. The maximum Gasteiger partial charge on any atom is 0.240 e. The van der Waals surface area contributed by atoms with Gasteiger partial charge in [0.1, 0.15) is 17.7 Å². The van der Waals surface area contributed by atoms with E-state index in [4.69, 9.17) is 11.0 Å². The Balaban J connectivity index is 2.80. The number of benzene rings is 1. The summed E-state index contributed by atoms with van der Waals surface area (Å²) in [6.07, 6.45) is -0.538. The van der Waals surface area contributed by atoms with Gasteiger partial charge in [-0.2, -0.15) is 5.26 Å². The minimum Gasteiger partial charge on any atom is -0.368 e. The van der Waals surface area contributed by atoms with Gasteiger partial charge in [-0.05, 0) is 18.1 Å². The fourth-order valence-electron chi connectivity index (χ4n) is 1.84. The summed E-state index contributed by atoms with van der Waals surface area (Å²) in [5.41, 5.74) is 4.77. The largest absolute Gasteiger partial charge is 0.368 e. The number of rotatable bonds is 6. The number of halogens is 2. The highest BCUT2D eigenvalue weighted by atomic mass is 19.1. The first kappa shape index (κ1) is 16.6. The van der Waals surface area contributed by atoms with Crippen molar-refractivity contribution in [2.45, 2.75) is 25.8 Å². The van der Waals surface area contributed by atoms with Crippen molar-refractivity contribution in [3.05, 3.63) is 35.4 Å². The third-order valence-corrected chi connectivity index (χ3v) is 3.00. The molecule has 0 saturated heterocycles. The zero-order valence-electron chi connectivity index (χ0n) is 11.4. The van der Waals surface area contributed by atoms with Gasteiger partial charge >= 0.3 is 0 Å². The van der Waals surface area contributed by atoms with Crippen LogP contribution in [-0.4, -0.2) is 17.9 Å². The highest BCUT2D eigenvalue weighted by molar-refractivity contribution is 5.87. The second-order valence-electron chi connectivity index (χ2n) is 4.66. The van der Waals surface area contributed by atoms with Crippen LogP contribution in [0.5, 0.6) is 0 Å². The van der Waals surface area contributed by atoms with E-state index in [1.54, 1.807) is 6.92 Å². The van der Waals surface area contributed by atoms with Crippen LogP contribution in [0.25, 0.3) is 0 Å². The van der Waals surface area contributed by atoms with E-state index in [-0.39, 0.29) is 12.0 Å². The minimum absolute atomic E-state index is 0.0158. The molecule has 3 N–H and O–H groups in total. The first-order chi connectivity index (χ1) is 9.86. The molecule has 2 atom stereocenters. The molecule has 0 fully saturated rings. The Bertz CT molecular complexity index is 564. The van der Waals surface area contributed by atoms with Gasteiger partial charge in [0.2, 0.25) is 11.8 Å². The van der Waals surface area contributed by atoms with Gasteiger partial charge in [-0.15, -0.1) is 0 Å². The molecule has 0 aliphatic rings. The third kappa shape index (κ3) is 4.53. The molecule has 0 heterocycles. The van der Waals surface area contributed by atoms with E-state index in [2.05, 4.69) is 5.32 Å². The predicted molar refractivity (Wildman–Crippen MR) is 70.6 cm³/mol. The first-order valence-electron chi connectivity index (χ1n) is 6.25. The normalized spacial score (nSPS) is 13.0. The molecule has 5 nitrogen and oxygen atoms in total. The zero-order valence-corrected chi connectivity index (χ0v) is 11.4. The Morgan fingerprint density at radius 3 is 2.43 bits per heavy atom. The molecule has 7 heteroatoms. The second kappa shape index (κ2) is 7.33. The topological polar surface area (TPSA) is 96.0 Å². The van der Waals surface area contributed by atoms with E-state index >= 15 is 0 Å². The van der Waals surface area contributed by atoms with Crippen molar-refractivity contribution in [3.63, 3.8) is 0 Å². The van der Waals surface area contributed by atoms with Crippen molar-refractivity contribution in [2.24, 2.45) is 11.7 Å². The average Bonchev–Trinajstić information content (AvgIpc) is 2.40. The van der Waals surface area contributed by atoms with Crippen LogP contribution in [0.2, 0.25) is 0 Å².